The summed E-state index contributed by atoms with van der Waals surface area (Å²) in [6.45, 7) is 0.601. The molecular weight excluding hydrogens is 659 g/mol. The number of anilines is 2. The van der Waals surface area contributed by atoms with Gasteiger partial charge in [-0.1, -0.05) is 11.6 Å². The average molecular weight is 693 g/mol. The molecule has 2 aromatic rings. The van der Waals surface area contributed by atoms with Gasteiger partial charge in [0.25, 0.3) is 5.92 Å². The van der Waals surface area contributed by atoms with Gasteiger partial charge in [0.2, 0.25) is 15.9 Å². The van der Waals surface area contributed by atoms with Gasteiger partial charge >= 0.3 is 12.1 Å². The number of piperazine rings is 1. The summed E-state index contributed by atoms with van der Waals surface area (Å²) < 4.78 is 96.7. The molecule has 1 aliphatic carbocycles. The first-order chi connectivity index (χ1) is 21.6. The molecule has 1 aromatic heterocycles. The van der Waals surface area contributed by atoms with E-state index in [0.29, 0.717) is 12.2 Å². The van der Waals surface area contributed by atoms with E-state index in [-0.39, 0.29) is 104 Å². The van der Waals surface area contributed by atoms with E-state index in [1.807, 2.05) is 5.32 Å². The van der Waals surface area contributed by atoms with Gasteiger partial charge in [-0.15, -0.1) is 0 Å². The number of hydrogen-bond donors (Lipinski definition) is 2. The van der Waals surface area contributed by atoms with Gasteiger partial charge in [-0.25, -0.2) is 22.2 Å². The third-order valence-corrected chi connectivity index (χ3v) is 10.9. The van der Waals surface area contributed by atoms with Crippen LogP contribution in [-0.2, 0) is 25.5 Å². The number of nitrogens with zero attached hydrogens (tertiary/aromatic N) is 4. The molecule has 0 radical (unpaired) electrons. The van der Waals surface area contributed by atoms with Crippen molar-refractivity contribution < 1.29 is 40.0 Å². The topological polar surface area (TPSA) is 129 Å². The Labute approximate surface area is 268 Å². The number of nitrogens with two attached hydrogens (primary N) is 1. The van der Waals surface area contributed by atoms with Crippen molar-refractivity contribution >= 4 is 44.9 Å². The van der Waals surface area contributed by atoms with Gasteiger partial charge in [0.1, 0.15) is 11.0 Å². The highest BCUT2D eigenvalue weighted by Gasteiger charge is 2.44. The van der Waals surface area contributed by atoms with Crippen LogP contribution in [0.25, 0.3) is 0 Å². The zero-order valence-electron chi connectivity index (χ0n) is 24.6. The second kappa shape index (κ2) is 13.2. The first-order valence-corrected chi connectivity index (χ1v) is 16.7. The quantitative estimate of drug-likeness (QED) is 0.318. The summed E-state index contributed by atoms with van der Waals surface area (Å²) in [6.07, 6.45) is -4.21. The molecule has 5 rings (SSSR count). The number of halogens is 6. The third kappa shape index (κ3) is 7.39. The van der Waals surface area contributed by atoms with Crippen molar-refractivity contribution in [3.8, 4) is 0 Å². The third-order valence-electron chi connectivity index (χ3n) is 8.84. The van der Waals surface area contributed by atoms with Gasteiger partial charge in [0.15, 0.2) is 0 Å². The van der Waals surface area contributed by atoms with E-state index in [1.165, 1.54) is 27.4 Å². The Balaban J connectivity index is 1.19. The van der Waals surface area contributed by atoms with Gasteiger partial charge in [0.05, 0.1) is 4.90 Å². The lowest BCUT2D eigenvalue weighted by Crippen LogP contribution is -2.49. The molecular formula is C29H34ClF5N6O4S. The first-order valence-electron chi connectivity index (χ1n) is 14.9. The zero-order chi connectivity index (χ0) is 33.4. The molecule has 0 bridgehead atoms. The number of carbonyl (C=O) groups excluding carboxylic acids is 2. The molecule has 10 nitrogen and oxygen atoms in total. The highest BCUT2D eigenvalue weighted by atomic mass is 35.5. The molecule has 1 saturated carbocycles. The lowest BCUT2D eigenvalue weighted by Gasteiger charge is -2.36. The van der Waals surface area contributed by atoms with Crippen molar-refractivity contribution in [2.75, 3.05) is 49.1 Å². The number of alkyl halides is 5. The van der Waals surface area contributed by atoms with Gasteiger partial charge in [-0.3, -0.25) is 9.59 Å². The number of aromatic nitrogens is 1. The largest absolute Gasteiger partial charge is 0.471 e. The smallest absolute Gasteiger partial charge is 0.354 e. The Morgan fingerprint density at radius 1 is 1.00 bits per heavy atom. The maximum Gasteiger partial charge on any atom is 0.471 e. The second-order valence-corrected chi connectivity index (χ2v) is 14.3. The molecule has 3 heterocycles. The van der Waals surface area contributed by atoms with Crippen molar-refractivity contribution in [2.45, 2.75) is 55.1 Å². The number of pyridine rings is 1. The lowest BCUT2D eigenvalue weighted by atomic mass is 9.77. The minimum atomic E-state index is -5.00. The number of amides is 2. The molecule has 1 atom stereocenters. The van der Waals surface area contributed by atoms with Crippen molar-refractivity contribution in [3.05, 3.63) is 47.1 Å². The van der Waals surface area contributed by atoms with Crippen LogP contribution in [0.5, 0.6) is 0 Å². The summed E-state index contributed by atoms with van der Waals surface area (Å²) in [4.78, 5) is 30.7. The van der Waals surface area contributed by atoms with Crippen LogP contribution >= 0.6 is 11.6 Å². The van der Waals surface area contributed by atoms with Gasteiger partial charge in [-0.2, -0.15) is 17.5 Å². The minimum Gasteiger partial charge on any atom is -0.354 e. The van der Waals surface area contributed by atoms with Gasteiger partial charge in [-0.05, 0) is 68.0 Å². The minimum absolute atomic E-state index is 0.0498. The predicted octanol–water partition coefficient (Wildman–Crippen LogP) is 3.89. The lowest BCUT2D eigenvalue weighted by molar-refractivity contribution is -0.173. The molecule has 3 aliphatic rings. The van der Waals surface area contributed by atoms with E-state index in [2.05, 4.69) is 4.98 Å². The van der Waals surface area contributed by atoms with Crippen LogP contribution in [0.4, 0.5) is 33.5 Å². The van der Waals surface area contributed by atoms with Crippen LogP contribution in [0.1, 0.15) is 37.7 Å². The van der Waals surface area contributed by atoms with E-state index in [1.54, 1.807) is 17.0 Å². The van der Waals surface area contributed by atoms with E-state index < -0.39 is 33.9 Å². The fourth-order valence-electron chi connectivity index (χ4n) is 6.23. The number of nitrogens with one attached hydrogen (secondary N) is 1. The fourth-order valence-corrected chi connectivity index (χ4v) is 7.86. The maximum absolute atomic E-state index is 15.7. The average Bonchev–Trinajstić information content (AvgIpc) is 3.36. The highest BCUT2D eigenvalue weighted by molar-refractivity contribution is 7.89. The van der Waals surface area contributed by atoms with Crippen molar-refractivity contribution in [2.24, 2.45) is 17.6 Å². The summed E-state index contributed by atoms with van der Waals surface area (Å²) in [5.74, 6) is -6.72. The molecule has 3 N–H and O–H groups in total. The highest BCUT2D eigenvalue weighted by Crippen LogP contribution is 2.46. The number of carbonyl (C=O) groups is 2. The molecule has 2 saturated heterocycles. The predicted molar refractivity (Wildman–Crippen MR) is 160 cm³/mol. The Hall–Kier alpha value is -3.08. The number of hydrogen-bond acceptors (Lipinski definition) is 7. The Morgan fingerprint density at radius 3 is 2.20 bits per heavy atom. The number of benzene rings is 1. The Morgan fingerprint density at radius 2 is 1.63 bits per heavy atom. The summed E-state index contributed by atoms with van der Waals surface area (Å²) in [5.41, 5.74) is 6.07. The van der Waals surface area contributed by atoms with Crippen LogP contribution in [0.15, 0.2) is 41.3 Å². The van der Waals surface area contributed by atoms with Gasteiger partial charge < -0.3 is 20.9 Å². The van der Waals surface area contributed by atoms with E-state index in [4.69, 9.17) is 17.3 Å². The van der Waals surface area contributed by atoms with Crippen LogP contribution in [0.2, 0.25) is 5.15 Å². The van der Waals surface area contributed by atoms with Crippen LogP contribution in [0, 0.1) is 11.8 Å². The molecule has 3 fully saturated rings. The summed E-state index contributed by atoms with van der Waals surface area (Å²) in [7, 11) is -3.87. The van der Waals surface area contributed by atoms with Crippen LogP contribution in [-0.4, -0.2) is 81.0 Å². The monoisotopic (exact) mass is 692 g/mol. The van der Waals surface area contributed by atoms with Crippen LogP contribution < -0.4 is 20.9 Å². The van der Waals surface area contributed by atoms with Crippen molar-refractivity contribution in [3.63, 3.8) is 0 Å². The zero-order valence-corrected chi connectivity index (χ0v) is 26.2. The number of rotatable bonds is 8. The molecule has 1 aromatic carbocycles. The Bertz CT molecular complexity index is 1550. The second-order valence-electron chi connectivity index (χ2n) is 11.9. The summed E-state index contributed by atoms with van der Waals surface area (Å²) in [6, 6.07) is 8.07. The van der Waals surface area contributed by atoms with Crippen molar-refractivity contribution in [1.29, 1.82) is 0 Å². The molecule has 252 valence electrons. The summed E-state index contributed by atoms with van der Waals surface area (Å²) >= 11 is 6.16. The van der Waals surface area contributed by atoms with E-state index in [0.717, 1.165) is 6.07 Å². The molecule has 2 aliphatic heterocycles. The molecule has 2 amide bonds. The van der Waals surface area contributed by atoms with Crippen LogP contribution in [0.3, 0.4) is 0 Å². The molecule has 0 spiro atoms. The normalized spacial score (nSPS) is 23.5. The first kappa shape index (κ1) is 34.3. The molecule has 46 heavy (non-hydrogen) atoms. The van der Waals surface area contributed by atoms with E-state index in [9.17, 15) is 31.2 Å². The Kier molecular flexibility index (Phi) is 9.83. The SMILES string of the molecule is N[C@@H]1CC(=O)N(c2ccc(S(=O)(=O)N3CCN(c4cc(C(F)(F)C5CCC(CNC(=O)C(F)(F)F)CC5)cc(Cl)n4)CC3)cc2)C1. The maximum atomic E-state index is 15.7. The fraction of sp³-hybridized carbons (Fsp3) is 0.552. The van der Waals surface area contributed by atoms with Crippen molar-refractivity contribution in [1.82, 2.24) is 14.6 Å². The standard InChI is InChI=1S/C29H34ClF5N6O4S/c30-24-13-20(28(31,32)19-3-1-18(2-4-19)16-37-27(43)29(33,34)35)14-25(38-24)39-9-11-40(12-10-39)46(44,45)23-7-5-22(6-8-23)41-17-21(36)15-26(41)42/h5-8,13-14,18-19,21H,1-4,9-12,15-17,36H2,(H,37,43)/t18?,19?,21-/m1/s1. The molecule has 17 heteroatoms. The van der Waals surface area contributed by atoms with Gasteiger partial charge in [0, 0.05) is 68.9 Å². The number of sulfonamides is 1. The van der Waals surface area contributed by atoms with E-state index >= 15 is 8.78 Å². The summed E-state index contributed by atoms with van der Waals surface area (Å²) in [5, 5.41) is 1.68. The molecule has 0 unspecified atom stereocenters.